The highest BCUT2D eigenvalue weighted by Crippen LogP contribution is 2.27. The molecule has 0 aromatic heterocycles. The Kier molecular flexibility index (Phi) is 4.29. The zero-order valence-electron chi connectivity index (χ0n) is 12.8. The van der Waals surface area contributed by atoms with Crippen LogP contribution in [0.25, 0.3) is 0 Å². The van der Waals surface area contributed by atoms with E-state index in [0.717, 1.165) is 48.5 Å². The third-order valence-electron chi connectivity index (χ3n) is 4.19. The van der Waals surface area contributed by atoms with Crippen molar-refractivity contribution < 1.29 is 4.74 Å². The number of piperidine rings is 1. The van der Waals surface area contributed by atoms with Gasteiger partial charge in [0.1, 0.15) is 17.9 Å². The van der Waals surface area contributed by atoms with Gasteiger partial charge in [-0.1, -0.05) is 30.3 Å². The standard InChI is InChI=1S/C19H20N2O/c1-15-6-5-9-19(18(15)14-20)21-12-10-17(11-13-21)22-16-7-3-2-4-8-16/h2-9,17H,10-13H2,1H3. The molecule has 112 valence electrons. The van der Waals surface area contributed by atoms with Crippen LogP contribution < -0.4 is 9.64 Å². The van der Waals surface area contributed by atoms with Crippen molar-refractivity contribution in [2.75, 3.05) is 18.0 Å². The monoisotopic (exact) mass is 292 g/mol. The van der Waals surface area contributed by atoms with Gasteiger partial charge in [-0.25, -0.2) is 0 Å². The van der Waals surface area contributed by atoms with E-state index in [9.17, 15) is 5.26 Å². The van der Waals surface area contributed by atoms with Gasteiger partial charge in [-0.3, -0.25) is 0 Å². The van der Waals surface area contributed by atoms with Crippen LogP contribution in [0.15, 0.2) is 48.5 Å². The topological polar surface area (TPSA) is 36.3 Å². The molecular formula is C19H20N2O. The summed E-state index contributed by atoms with van der Waals surface area (Å²) in [6.45, 7) is 3.85. The van der Waals surface area contributed by atoms with Gasteiger partial charge in [-0.05, 0) is 30.7 Å². The first-order valence-electron chi connectivity index (χ1n) is 7.74. The SMILES string of the molecule is Cc1cccc(N2CCC(Oc3ccccc3)CC2)c1C#N. The second-order valence-corrected chi connectivity index (χ2v) is 5.70. The number of ether oxygens (including phenoxy) is 1. The molecule has 0 bridgehead atoms. The van der Waals surface area contributed by atoms with E-state index in [2.05, 4.69) is 11.0 Å². The molecule has 1 aliphatic heterocycles. The van der Waals surface area contributed by atoms with E-state index in [0.29, 0.717) is 0 Å². The zero-order chi connectivity index (χ0) is 15.4. The maximum atomic E-state index is 9.38. The normalized spacial score (nSPS) is 15.4. The second kappa shape index (κ2) is 6.53. The van der Waals surface area contributed by atoms with Crippen molar-refractivity contribution in [2.24, 2.45) is 0 Å². The molecule has 0 spiro atoms. The van der Waals surface area contributed by atoms with Crippen molar-refractivity contribution in [1.29, 1.82) is 5.26 Å². The van der Waals surface area contributed by atoms with Crippen LogP contribution in [0, 0.1) is 18.3 Å². The molecule has 3 heteroatoms. The van der Waals surface area contributed by atoms with E-state index in [-0.39, 0.29) is 6.10 Å². The molecule has 0 N–H and O–H groups in total. The van der Waals surface area contributed by atoms with Crippen LogP contribution in [0.2, 0.25) is 0 Å². The molecule has 1 aliphatic rings. The fourth-order valence-corrected chi connectivity index (χ4v) is 2.97. The summed E-state index contributed by atoms with van der Waals surface area (Å²) in [6.07, 6.45) is 2.22. The number of para-hydroxylation sites is 1. The first kappa shape index (κ1) is 14.5. The summed E-state index contributed by atoms with van der Waals surface area (Å²) in [4.78, 5) is 2.30. The van der Waals surface area contributed by atoms with Crippen LogP contribution in [0.1, 0.15) is 24.0 Å². The van der Waals surface area contributed by atoms with Gasteiger partial charge in [-0.15, -0.1) is 0 Å². The van der Waals surface area contributed by atoms with Crippen molar-refractivity contribution in [3.8, 4) is 11.8 Å². The number of nitriles is 1. The number of nitrogens with zero attached hydrogens (tertiary/aromatic N) is 2. The van der Waals surface area contributed by atoms with Crippen molar-refractivity contribution in [3.05, 3.63) is 59.7 Å². The van der Waals surface area contributed by atoms with E-state index < -0.39 is 0 Å². The lowest BCUT2D eigenvalue weighted by atomic mass is 10.0. The Morgan fingerprint density at radius 2 is 1.77 bits per heavy atom. The molecule has 0 amide bonds. The molecular weight excluding hydrogens is 272 g/mol. The Morgan fingerprint density at radius 3 is 2.45 bits per heavy atom. The van der Waals surface area contributed by atoms with Crippen molar-refractivity contribution in [2.45, 2.75) is 25.9 Å². The summed E-state index contributed by atoms with van der Waals surface area (Å²) in [5.41, 5.74) is 2.90. The molecule has 0 unspecified atom stereocenters. The summed E-state index contributed by atoms with van der Waals surface area (Å²) in [5, 5.41) is 9.38. The van der Waals surface area contributed by atoms with Crippen molar-refractivity contribution in [1.82, 2.24) is 0 Å². The lowest BCUT2D eigenvalue weighted by Gasteiger charge is -2.34. The molecule has 3 nitrogen and oxygen atoms in total. The minimum Gasteiger partial charge on any atom is -0.490 e. The van der Waals surface area contributed by atoms with Crippen LogP contribution >= 0.6 is 0 Å². The number of hydrogen-bond acceptors (Lipinski definition) is 3. The van der Waals surface area contributed by atoms with Gasteiger partial charge >= 0.3 is 0 Å². The molecule has 0 saturated carbocycles. The Balaban J connectivity index is 1.65. The lowest BCUT2D eigenvalue weighted by molar-refractivity contribution is 0.171. The van der Waals surface area contributed by atoms with Gasteiger partial charge < -0.3 is 9.64 Å². The smallest absolute Gasteiger partial charge is 0.119 e. The third kappa shape index (κ3) is 3.07. The number of hydrogen-bond donors (Lipinski definition) is 0. The molecule has 22 heavy (non-hydrogen) atoms. The van der Waals surface area contributed by atoms with Crippen molar-refractivity contribution in [3.63, 3.8) is 0 Å². The molecule has 0 atom stereocenters. The lowest BCUT2D eigenvalue weighted by Crippen LogP contribution is -2.38. The molecule has 3 rings (SSSR count). The molecule has 1 heterocycles. The largest absolute Gasteiger partial charge is 0.490 e. The number of anilines is 1. The van der Waals surface area contributed by atoms with Gasteiger partial charge in [0.2, 0.25) is 0 Å². The van der Waals surface area contributed by atoms with Crippen LogP contribution in [0.3, 0.4) is 0 Å². The first-order chi connectivity index (χ1) is 10.8. The Bertz CT molecular complexity index is 668. The number of aryl methyl sites for hydroxylation is 1. The second-order valence-electron chi connectivity index (χ2n) is 5.70. The minimum atomic E-state index is 0.258. The average Bonchev–Trinajstić information content (AvgIpc) is 2.56. The summed E-state index contributed by atoms with van der Waals surface area (Å²) >= 11 is 0. The van der Waals surface area contributed by atoms with E-state index in [1.54, 1.807) is 0 Å². The maximum Gasteiger partial charge on any atom is 0.119 e. The van der Waals surface area contributed by atoms with E-state index in [1.165, 1.54) is 0 Å². The van der Waals surface area contributed by atoms with E-state index >= 15 is 0 Å². The average molecular weight is 292 g/mol. The quantitative estimate of drug-likeness (QED) is 0.860. The summed E-state index contributed by atoms with van der Waals surface area (Å²) in [6, 6.07) is 18.4. The zero-order valence-corrected chi connectivity index (χ0v) is 12.8. The Morgan fingerprint density at radius 1 is 1.05 bits per heavy atom. The third-order valence-corrected chi connectivity index (χ3v) is 4.19. The Labute approximate surface area is 131 Å². The summed E-state index contributed by atoms with van der Waals surface area (Å²) in [5.74, 6) is 0.939. The maximum absolute atomic E-state index is 9.38. The van der Waals surface area contributed by atoms with E-state index in [4.69, 9.17) is 4.74 Å². The van der Waals surface area contributed by atoms with Crippen LogP contribution in [0.4, 0.5) is 5.69 Å². The van der Waals surface area contributed by atoms with Gasteiger partial charge in [-0.2, -0.15) is 5.26 Å². The molecule has 0 radical (unpaired) electrons. The highest BCUT2D eigenvalue weighted by atomic mass is 16.5. The molecule has 2 aromatic carbocycles. The van der Waals surface area contributed by atoms with Crippen LogP contribution in [-0.2, 0) is 0 Å². The predicted molar refractivity (Wildman–Crippen MR) is 88.2 cm³/mol. The summed E-state index contributed by atoms with van der Waals surface area (Å²) < 4.78 is 6.03. The fraction of sp³-hybridized carbons (Fsp3) is 0.316. The molecule has 1 fully saturated rings. The Hall–Kier alpha value is -2.47. The number of benzene rings is 2. The molecule has 2 aromatic rings. The van der Waals surface area contributed by atoms with Crippen molar-refractivity contribution >= 4 is 5.69 Å². The molecule has 1 saturated heterocycles. The van der Waals surface area contributed by atoms with Gasteiger partial charge in [0.15, 0.2) is 0 Å². The van der Waals surface area contributed by atoms with E-state index in [1.807, 2.05) is 55.5 Å². The van der Waals surface area contributed by atoms with Gasteiger partial charge in [0.05, 0.1) is 11.3 Å². The van der Waals surface area contributed by atoms with Gasteiger partial charge in [0, 0.05) is 25.9 Å². The highest BCUT2D eigenvalue weighted by Gasteiger charge is 2.22. The van der Waals surface area contributed by atoms with Crippen LogP contribution in [0.5, 0.6) is 5.75 Å². The van der Waals surface area contributed by atoms with Gasteiger partial charge in [0.25, 0.3) is 0 Å². The summed E-state index contributed by atoms with van der Waals surface area (Å²) in [7, 11) is 0. The molecule has 0 aliphatic carbocycles. The number of rotatable bonds is 3. The highest BCUT2D eigenvalue weighted by molar-refractivity contribution is 5.62. The predicted octanol–water partition coefficient (Wildman–Crippen LogP) is 3.91. The fourth-order valence-electron chi connectivity index (χ4n) is 2.97. The minimum absolute atomic E-state index is 0.258. The van der Waals surface area contributed by atoms with Crippen LogP contribution in [-0.4, -0.2) is 19.2 Å². The first-order valence-corrected chi connectivity index (χ1v) is 7.74.